The van der Waals surface area contributed by atoms with Crippen LogP contribution in [0.15, 0.2) is 24.3 Å². The number of carboxylic acid groups (broad SMARTS) is 1. The molecule has 1 aromatic carbocycles. The maximum Gasteiger partial charge on any atom is 0.356 e. The summed E-state index contributed by atoms with van der Waals surface area (Å²) in [5.74, 6) is -0.280. The smallest absolute Gasteiger partial charge is 0.356 e. The molecule has 0 aliphatic carbocycles. The van der Waals surface area contributed by atoms with E-state index in [2.05, 4.69) is 4.98 Å². The Bertz CT molecular complexity index is 683. The van der Waals surface area contributed by atoms with Gasteiger partial charge in [-0.2, -0.15) is 0 Å². The highest BCUT2D eigenvalue weighted by atomic mass is 35.5. The first-order valence-electron chi connectivity index (χ1n) is 6.04. The molecule has 20 heavy (non-hydrogen) atoms. The minimum absolute atomic E-state index is 0.0857. The van der Waals surface area contributed by atoms with E-state index in [9.17, 15) is 4.79 Å². The number of halogens is 1. The molecule has 0 bridgehead atoms. The predicted molar refractivity (Wildman–Crippen MR) is 76.9 cm³/mol. The van der Waals surface area contributed by atoms with Crippen molar-refractivity contribution in [2.24, 2.45) is 0 Å². The summed E-state index contributed by atoms with van der Waals surface area (Å²) in [5.41, 5.74) is 2.84. The maximum absolute atomic E-state index is 11.0. The van der Waals surface area contributed by atoms with Gasteiger partial charge in [0.2, 0.25) is 5.88 Å². The van der Waals surface area contributed by atoms with Gasteiger partial charge in [0, 0.05) is 6.07 Å². The monoisotopic (exact) mass is 291 g/mol. The highest BCUT2D eigenvalue weighted by molar-refractivity contribution is 6.33. The van der Waals surface area contributed by atoms with Crippen molar-refractivity contribution in [3.63, 3.8) is 0 Å². The fourth-order valence-electron chi connectivity index (χ4n) is 1.82. The van der Waals surface area contributed by atoms with E-state index in [1.807, 2.05) is 32.9 Å². The molecule has 1 heterocycles. The highest BCUT2D eigenvalue weighted by Crippen LogP contribution is 2.30. The average Bonchev–Trinajstić information content (AvgIpc) is 2.40. The van der Waals surface area contributed by atoms with Gasteiger partial charge >= 0.3 is 5.97 Å². The first-order chi connectivity index (χ1) is 9.40. The predicted octanol–water partition coefficient (Wildman–Crippen LogP) is 4.15. The molecule has 2 aromatic rings. The largest absolute Gasteiger partial charge is 0.476 e. The number of carboxylic acids is 1. The van der Waals surface area contributed by atoms with E-state index >= 15 is 0 Å². The van der Waals surface area contributed by atoms with Crippen LogP contribution < -0.4 is 4.74 Å². The lowest BCUT2D eigenvalue weighted by atomic mass is 10.1. The second-order valence-electron chi connectivity index (χ2n) is 4.54. The Hall–Kier alpha value is -2.07. The van der Waals surface area contributed by atoms with Crippen molar-refractivity contribution in [2.45, 2.75) is 20.8 Å². The molecule has 2 rings (SSSR count). The lowest BCUT2D eigenvalue weighted by Crippen LogP contribution is -2.03. The minimum Gasteiger partial charge on any atom is -0.476 e. The first-order valence-corrected chi connectivity index (χ1v) is 6.42. The van der Waals surface area contributed by atoms with Crippen LogP contribution in [-0.2, 0) is 0 Å². The molecule has 0 saturated heterocycles. The van der Waals surface area contributed by atoms with Crippen LogP contribution in [0.25, 0.3) is 0 Å². The quantitative estimate of drug-likeness (QED) is 0.923. The summed E-state index contributed by atoms with van der Waals surface area (Å²) in [6.45, 7) is 5.86. The van der Waals surface area contributed by atoms with Crippen molar-refractivity contribution < 1.29 is 14.6 Å². The Kier molecular flexibility index (Phi) is 3.95. The molecular weight excluding hydrogens is 278 g/mol. The van der Waals surface area contributed by atoms with Gasteiger partial charge in [-0.3, -0.25) is 0 Å². The van der Waals surface area contributed by atoms with Crippen LogP contribution in [0.3, 0.4) is 0 Å². The molecule has 1 N–H and O–H groups in total. The van der Waals surface area contributed by atoms with Gasteiger partial charge in [0.1, 0.15) is 5.75 Å². The summed E-state index contributed by atoms with van der Waals surface area (Å²) in [6, 6.07) is 6.98. The topological polar surface area (TPSA) is 59.4 Å². The van der Waals surface area contributed by atoms with E-state index in [0.717, 1.165) is 16.7 Å². The van der Waals surface area contributed by atoms with Crippen molar-refractivity contribution in [1.82, 2.24) is 4.98 Å². The summed E-state index contributed by atoms with van der Waals surface area (Å²) in [7, 11) is 0. The van der Waals surface area contributed by atoms with Gasteiger partial charge in [-0.15, -0.1) is 0 Å². The van der Waals surface area contributed by atoms with Crippen LogP contribution in [0.2, 0.25) is 5.02 Å². The zero-order valence-electron chi connectivity index (χ0n) is 11.4. The fourth-order valence-corrected chi connectivity index (χ4v) is 2.00. The van der Waals surface area contributed by atoms with Gasteiger partial charge < -0.3 is 9.84 Å². The van der Waals surface area contributed by atoms with Crippen molar-refractivity contribution in [1.29, 1.82) is 0 Å². The molecule has 4 nitrogen and oxygen atoms in total. The summed E-state index contributed by atoms with van der Waals surface area (Å²) in [5, 5.41) is 9.09. The molecule has 0 aliphatic heterocycles. The Morgan fingerprint density at radius 3 is 2.45 bits per heavy atom. The van der Waals surface area contributed by atoms with Crippen LogP contribution in [0.1, 0.15) is 27.2 Å². The van der Waals surface area contributed by atoms with Crippen LogP contribution in [-0.4, -0.2) is 16.1 Å². The van der Waals surface area contributed by atoms with Crippen molar-refractivity contribution in [3.8, 4) is 11.6 Å². The van der Waals surface area contributed by atoms with Crippen LogP contribution >= 0.6 is 11.6 Å². The number of aryl methyl sites for hydroxylation is 2. The molecule has 0 amide bonds. The molecule has 0 aliphatic rings. The third kappa shape index (κ3) is 2.75. The van der Waals surface area contributed by atoms with Crippen molar-refractivity contribution in [3.05, 3.63) is 51.7 Å². The number of hydrogen-bond donors (Lipinski definition) is 1. The number of hydrogen-bond acceptors (Lipinski definition) is 3. The summed E-state index contributed by atoms with van der Waals surface area (Å²) < 4.78 is 5.73. The maximum atomic E-state index is 11.0. The van der Waals surface area contributed by atoms with E-state index in [0.29, 0.717) is 5.75 Å². The molecule has 104 valence electrons. The van der Waals surface area contributed by atoms with Crippen LogP contribution in [0.5, 0.6) is 11.6 Å². The average molecular weight is 292 g/mol. The minimum atomic E-state index is -1.18. The molecule has 0 unspecified atom stereocenters. The van der Waals surface area contributed by atoms with Gasteiger partial charge in [0.05, 0.1) is 5.02 Å². The third-order valence-corrected chi connectivity index (χ3v) is 3.41. The van der Waals surface area contributed by atoms with Gasteiger partial charge in [0.15, 0.2) is 5.69 Å². The SMILES string of the molecule is Cc1ccc(C)c(Oc2ccc(Cl)c(C(=O)O)n2)c1C. The van der Waals surface area contributed by atoms with Crippen LogP contribution in [0.4, 0.5) is 0 Å². The number of rotatable bonds is 3. The standard InChI is InChI=1S/C15H14ClNO3/c1-8-4-5-9(2)14(10(8)3)20-12-7-6-11(16)13(17-12)15(18)19/h4-7H,1-3H3,(H,18,19). The van der Waals surface area contributed by atoms with E-state index < -0.39 is 5.97 Å². The molecule has 0 atom stereocenters. The zero-order valence-corrected chi connectivity index (χ0v) is 12.2. The van der Waals surface area contributed by atoms with Gasteiger partial charge in [-0.25, -0.2) is 9.78 Å². The van der Waals surface area contributed by atoms with Gasteiger partial charge in [-0.05, 0) is 43.5 Å². The molecule has 5 heteroatoms. The lowest BCUT2D eigenvalue weighted by Gasteiger charge is -2.13. The Morgan fingerprint density at radius 2 is 1.80 bits per heavy atom. The number of nitrogens with zero attached hydrogens (tertiary/aromatic N) is 1. The van der Waals surface area contributed by atoms with E-state index in [4.69, 9.17) is 21.4 Å². The second kappa shape index (κ2) is 5.51. The highest BCUT2D eigenvalue weighted by Gasteiger charge is 2.14. The Morgan fingerprint density at radius 1 is 1.15 bits per heavy atom. The number of carbonyl (C=O) groups is 1. The summed E-state index contributed by atoms with van der Waals surface area (Å²) in [6.07, 6.45) is 0. The normalized spacial score (nSPS) is 10.4. The molecule has 0 saturated carbocycles. The van der Waals surface area contributed by atoms with Gasteiger partial charge in [0.25, 0.3) is 0 Å². The number of pyridine rings is 1. The summed E-state index contributed by atoms with van der Waals surface area (Å²) >= 11 is 5.78. The van der Waals surface area contributed by atoms with E-state index in [1.165, 1.54) is 6.07 Å². The molecular formula is C15H14ClNO3. The Labute approximate surface area is 122 Å². The Balaban J connectivity index is 2.43. The summed E-state index contributed by atoms with van der Waals surface area (Å²) in [4.78, 5) is 14.9. The molecule has 0 fully saturated rings. The number of aromatic nitrogens is 1. The van der Waals surface area contributed by atoms with Crippen molar-refractivity contribution >= 4 is 17.6 Å². The second-order valence-corrected chi connectivity index (χ2v) is 4.95. The van der Waals surface area contributed by atoms with E-state index in [1.54, 1.807) is 6.07 Å². The fraction of sp³-hybridized carbons (Fsp3) is 0.200. The molecule has 1 aromatic heterocycles. The number of benzene rings is 1. The van der Waals surface area contributed by atoms with Crippen molar-refractivity contribution in [2.75, 3.05) is 0 Å². The van der Waals surface area contributed by atoms with Crippen LogP contribution in [0, 0.1) is 20.8 Å². The number of aromatic carboxylic acids is 1. The zero-order chi connectivity index (χ0) is 14.9. The third-order valence-electron chi connectivity index (χ3n) is 3.10. The first kappa shape index (κ1) is 14.3. The molecule has 0 radical (unpaired) electrons. The van der Waals surface area contributed by atoms with E-state index in [-0.39, 0.29) is 16.6 Å². The van der Waals surface area contributed by atoms with Gasteiger partial charge in [-0.1, -0.05) is 23.7 Å². The number of ether oxygens (including phenoxy) is 1. The lowest BCUT2D eigenvalue weighted by molar-refractivity contribution is 0.0690. The molecule has 0 spiro atoms.